The minimum absolute atomic E-state index is 0.0347. The molecule has 0 aliphatic heterocycles. The summed E-state index contributed by atoms with van der Waals surface area (Å²) in [6, 6.07) is 6.98. The maximum absolute atomic E-state index is 10.9. The van der Waals surface area contributed by atoms with Gasteiger partial charge >= 0.3 is 0 Å². The summed E-state index contributed by atoms with van der Waals surface area (Å²) in [7, 11) is 0. The van der Waals surface area contributed by atoms with E-state index in [0.29, 0.717) is 15.6 Å². The molecule has 0 aromatic heterocycles. The minimum atomic E-state index is -0.493. The molecule has 1 atom stereocenters. The monoisotopic (exact) mass is 241 g/mol. The van der Waals surface area contributed by atoms with Gasteiger partial charge in [0, 0.05) is 16.5 Å². The van der Waals surface area contributed by atoms with E-state index in [-0.39, 0.29) is 12.2 Å². The molecule has 15 heavy (non-hydrogen) atoms. The first kappa shape index (κ1) is 12.0. The smallest absolute Gasteiger partial charge is 0.131 e. The van der Waals surface area contributed by atoms with E-state index in [2.05, 4.69) is 6.07 Å². The van der Waals surface area contributed by atoms with Crippen molar-refractivity contribution < 1.29 is 4.79 Å². The lowest BCUT2D eigenvalue weighted by molar-refractivity contribution is -0.117. The third-order valence-electron chi connectivity index (χ3n) is 1.99. The Labute approximate surface area is 98.4 Å². The van der Waals surface area contributed by atoms with Crippen molar-refractivity contribution in [3.8, 4) is 6.07 Å². The molecular formula is C11H9Cl2NO. The molecule has 0 heterocycles. The maximum atomic E-state index is 10.9. The fraction of sp³-hybridized carbons (Fsp3) is 0.273. The molecule has 0 radical (unpaired) electrons. The number of nitriles is 1. The van der Waals surface area contributed by atoms with Crippen LogP contribution in [-0.2, 0) is 4.79 Å². The van der Waals surface area contributed by atoms with Crippen molar-refractivity contribution in [2.24, 2.45) is 0 Å². The van der Waals surface area contributed by atoms with Crippen LogP contribution in [0.15, 0.2) is 18.2 Å². The number of carbonyl (C=O) groups excluding carboxylic acids is 1. The van der Waals surface area contributed by atoms with Gasteiger partial charge in [-0.2, -0.15) is 5.26 Å². The molecule has 0 spiro atoms. The van der Waals surface area contributed by atoms with Crippen LogP contribution in [-0.4, -0.2) is 5.78 Å². The molecule has 0 saturated heterocycles. The maximum Gasteiger partial charge on any atom is 0.131 e. The lowest BCUT2D eigenvalue weighted by Crippen LogP contribution is -2.02. The first-order valence-corrected chi connectivity index (χ1v) is 5.14. The molecule has 0 aliphatic carbocycles. The van der Waals surface area contributed by atoms with Crippen molar-refractivity contribution in [3.63, 3.8) is 0 Å². The van der Waals surface area contributed by atoms with Crippen molar-refractivity contribution >= 4 is 29.0 Å². The van der Waals surface area contributed by atoms with Gasteiger partial charge in [0.25, 0.3) is 0 Å². The highest BCUT2D eigenvalue weighted by Gasteiger charge is 2.16. The normalized spacial score (nSPS) is 11.9. The molecule has 0 amide bonds. The number of Topliss-reactive ketones (excluding diaryl/α,β-unsaturated/α-hetero) is 1. The van der Waals surface area contributed by atoms with E-state index in [9.17, 15) is 4.79 Å². The Kier molecular flexibility index (Phi) is 4.14. The average Bonchev–Trinajstić information content (AvgIpc) is 2.14. The van der Waals surface area contributed by atoms with Crippen LogP contribution in [0.3, 0.4) is 0 Å². The number of halogens is 2. The second-order valence-corrected chi connectivity index (χ2v) is 4.10. The summed E-state index contributed by atoms with van der Waals surface area (Å²) >= 11 is 11.7. The molecule has 1 aromatic carbocycles. The van der Waals surface area contributed by atoms with Crippen LogP contribution in [0.4, 0.5) is 0 Å². The van der Waals surface area contributed by atoms with Gasteiger partial charge in [0.1, 0.15) is 5.78 Å². The molecule has 1 unspecified atom stereocenters. The van der Waals surface area contributed by atoms with Crippen LogP contribution < -0.4 is 0 Å². The number of hydrogen-bond donors (Lipinski definition) is 0. The Morgan fingerprint density at radius 3 is 2.67 bits per heavy atom. The zero-order chi connectivity index (χ0) is 11.4. The fourth-order valence-corrected chi connectivity index (χ4v) is 1.84. The molecule has 78 valence electrons. The number of rotatable bonds is 3. The zero-order valence-corrected chi connectivity index (χ0v) is 9.64. The Bertz CT molecular complexity index is 423. The van der Waals surface area contributed by atoms with Crippen LogP contribution in [0.1, 0.15) is 24.8 Å². The summed E-state index contributed by atoms with van der Waals surface area (Å²) in [5.41, 5.74) is 0.652. The van der Waals surface area contributed by atoms with Gasteiger partial charge in [0.15, 0.2) is 0 Å². The highest BCUT2D eigenvalue weighted by atomic mass is 35.5. The molecular weight excluding hydrogens is 233 g/mol. The van der Waals surface area contributed by atoms with Crippen molar-refractivity contribution in [2.75, 3.05) is 0 Å². The van der Waals surface area contributed by atoms with Gasteiger partial charge in [-0.25, -0.2) is 0 Å². The van der Waals surface area contributed by atoms with E-state index in [1.165, 1.54) is 6.92 Å². The first-order valence-electron chi connectivity index (χ1n) is 4.38. The SMILES string of the molecule is CC(=O)CC(C#N)c1ccc(Cl)cc1Cl. The quantitative estimate of drug-likeness (QED) is 0.812. The van der Waals surface area contributed by atoms with E-state index < -0.39 is 5.92 Å². The molecule has 4 heteroatoms. The van der Waals surface area contributed by atoms with Gasteiger partial charge in [0.05, 0.1) is 12.0 Å². The van der Waals surface area contributed by atoms with E-state index in [4.69, 9.17) is 28.5 Å². The lowest BCUT2D eigenvalue weighted by Gasteiger charge is -2.09. The van der Waals surface area contributed by atoms with Crippen LogP contribution in [0.25, 0.3) is 0 Å². The Hall–Kier alpha value is -1.04. The Morgan fingerprint density at radius 1 is 1.53 bits per heavy atom. The summed E-state index contributed by atoms with van der Waals surface area (Å²) in [5.74, 6) is -0.528. The van der Waals surface area contributed by atoms with Gasteiger partial charge in [0.2, 0.25) is 0 Å². The van der Waals surface area contributed by atoms with Crippen LogP contribution in [0.2, 0.25) is 10.0 Å². The summed E-state index contributed by atoms with van der Waals surface area (Å²) in [4.78, 5) is 10.9. The summed E-state index contributed by atoms with van der Waals surface area (Å²) < 4.78 is 0. The first-order chi connectivity index (χ1) is 7.04. The van der Waals surface area contributed by atoms with E-state index in [1.807, 2.05) is 0 Å². The molecule has 0 bridgehead atoms. The second kappa shape index (κ2) is 5.16. The number of ketones is 1. The van der Waals surface area contributed by atoms with Gasteiger partial charge in [-0.15, -0.1) is 0 Å². The topological polar surface area (TPSA) is 40.9 Å². The van der Waals surface area contributed by atoms with Crippen LogP contribution in [0.5, 0.6) is 0 Å². The van der Waals surface area contributed by atoms with Gasteiger partial charge in [-0.1, -0.05) is 29.3 Å². The van der Waals surface area contributed by atoms with Crippen molar-refractivity contribution in [1.29, 1.82) is 5.26 Å². The summed E-state index contributed by atoms with van der Waals surface area (Å²) in [6.45, 7) is 1.45. The lowest BCUT2D eigenvalue weighted by atomic mass is 9.95. The van der Waals surface area contributed by atoms with Gasteiger partial charge in [-0.3, -0.25) is 4.79 Å². The number of benzene rings is 1. The van der Waals surface area contributed by atoms with Gasteiger partial charge < -0.3 is 0 Å². The van der Waals surface area contributed by atoms with E-state index in [1.54, 1.807) is 18.2 Å². The van der Waals surface area contributed by atoms with E-state index >= 15 is 0 Å². The Balaban J connectivity index is 3.03. The fourth-order valence-electron chi connectivity index (χ4n) is 1.30. The van der Waals surface area contributed by atoms with Crippen molar-refractivity contribution in [1.82, 2.24) is 0 Å². The molecule has 0 N–H and O–H groups in total. The predicted octanol–water partition coefficient (Wildman–Crippen LogP) is 3.58. The molecule has 0 saturated carbocycles. The van der Waals surface area contributed by atoms with Crippen LogP contribution >= 0.6 is 23.2 Å². The molecule has 2 nitrogen and oxygen atoms in total. The third kappa shape index (κ3) is 3.23. The van der Waals surface area contributed by atoms with Crippen molar-refractivity contribution in [2.45, 2.75) is 19.3 Å². The highest BCUT2D eigenvalue weighted by molar-refractivity contribution is 6.35. The number of nitrogens with zero attached hydrogens (tertiary/aromatic N) is 1. The largest absolute Gasteiger partial charge is 0.300 e. The standard InChI is InChI=1S/C11H9Cl2NO/c1-7(15)4-8(6-14)10-3-2-9(12)5-11(10)13/h2-3,5,8H,4H2,1H3. The highest BCUT2D eigenvalue weighted by Crippen LogP contribution is 2.29. The number of hydrogen-bond acceptors (Lipinski definition) is 2. The zero-order valence-electron chi connectivity index (χ0n) is 8.13. The number of carbonyl (C=O) groups is 1. The summed E-state index contributed by atoms with van der Waals surface area (Å²) in [5, 5.41) is 9.87. The van der Waals surface area contributed by atoms with E-state index in [0.717, 1.165) is 0 Å². The second-order valence-electron chi connectivity index (χ2n) is 3.25. The Morgan fingerprint density at radius 2 is 2.20 bits per heavy atom. The molecule has 0 fully saturated rings. The van der Waals surface area contributed by atoms with Crippen molar-refractivity contribution in [3.05, 3.63) is 33.8 Å². The predicted molar refractivity (Wildman–Crippen MR) is 60.1 cm³/mol. The third-order valence-corrected chi connectivity index (χ3v) is 2.55. The average molecular weight is 242 g/mol. The molecule has 0 aliphatic rings. The van der Waals surface area contributed by atoms with Gasteiger partial charge in [-0.05, 0) is 24.6 Å². The minimum Gasteiger partial charge on any atom is -0.300 e. The van der Waals surface area contributed by atoms with Crippen LogP contribution in [0, 0.1) is 11.3 Å². The molecule has 1 rings (SSSR count). The summed E-state index contributed by atoms with van der Waals surface area (Å²) in [6.07, 6.45) is 0.178. The molecule has 1 aromatic rings.